The molecule has 0 saturated heterocycles. The molecule has 0 aromatic carbocycles. The Morgan fingerprint density at radius 3 is 3.00 bits per heavy atom. The molecule has 1 aromatic heterocycles. The van der Waals surface area contributed by atoms with Gasteiger partial charge >= 0.3 is 0 Å². The van der Waals surface area contributed by atoms with E-state index in [1.54, 1.807) is 6.26 Å². The van der Waals surface area contributed by atoms with Crippen LogP contribution >= 0.6 is 0 Å². The Labute approximate surface area is 105 Å². The van der Waals surface area contributed by atoms with Gasteiger partial charge in [-0.05, 0) is 43.2 Å². The summed E-state index contributed by atoms with van der Waals surface area (Å²) in [5.74, 6) is 1.09. The van der Waals surface area contributed by atoms with Crippen molar-refractivity contribution in [1.82, 2.24) is 5.32 Å². The van der Waals surface area contributed by atoms with Gasteiger partial charge in [-0.3, -0.25) is 0 Å². The Hall–Kier alpha value is -0.760. The standard InChI is InChI=1S/C15H25NO/c1-15(2)9-3-5-13(7-10-15)16-11-8-14-6-4-12-17-14/h4,6,12-13,16H,3,5,7-11H2,1-2H3. The van der Waals surface area contributed by atoms with Crippen LogP contribution in [-0.4, -0.2) is 12.6 Å². The topological polar surface area (TPSA) is 25.2 Å². The maximum atomic E-state index is 5.34. The maximum Gasteiger partial charge on any atom is 0.105 e. The summed E-state index contributed by atoms with van der Waals surface area (Å²) in [5, 5.41) is 3.68. The molecule has 1 fully saturated rings. The Balaban J connectivity index is 1.69. The van der Waals surface area contributed by atoms with Crippen molar-refractivity contribution < 1.29 is 4.42 Å². The van der Waals surface area contributed by atoms with Gasteiger partial charge in [0.1, 0.15) is 5.76 Å². The zero-order valence-electron chi connectivity index (χ0n) is 11.2. The third-order valence-corrected chi connectivity index (χ3v) is 3.96. The van der Waals surface area contributed by atoms with E-state index >= 15 is 0 Å². The van der Waals surface area contributed by atoms with Crippen LogP contribution in [-0.2, 0) is 6.42 Å². The van der Waals surface area contributed by atoms with Crippen LogP contribution < -0.4 is 5.32 Å². The second-order valence-corrected chi connectivity index (χ2v) is 6.08. The van der Waals surface area contributed by atoms with Gasteiger partial charge in [-0.2, -0.15) is 0 Å². The minimum absolute atomic E-state index is 0.553. The lowest BCUT2D eigenvalue weighted by atomic mass is 9.85. The molecular weight excluding hydrogens is 210 g/mol. The van der Waals surface area contributed by atoms with E-state index in [-0.39, 0.29) is 0 Å². The summed E-state index contributed by atoms with van der Waals surface area (Å²) in [7, 11) is 0. The Bertz CT molecular complexity index is 316. The highest BCUT2D eigenvalue weighted by atomic mass is 16.3. The van der Waals surface area contributed by atoms with Crippen molar-refractivity contribution in [1.29, 1.82) is 0 Å². The van der Waals surface area contributed by atoms with Crippen LogP contribution in [0.25, 0.3) is 0 Å². The second kappa shape index (κ2) is 5.72. The molecule has 0 radical (unpaired) electrons. The first-order valence-corrected chi connectivity index (χ1v) is 6.91. The quantitative estimate of drug-likeness (QED) is 0.804. The van der Waals surface area contributed by atoms with Gasteiger partial charge in [-0.15, -0.1) is 0 Å². The molecule has 0 amide bonds. The normalized spacial score (nSPS) is 24.5. The van der Waals surface area contributed by atoms with Crippen LogP contribution in [0.15, 0.2) is 22.8 Å². The van der Waals surface area contributed by atoms with E-state index in [1.807, 2.05) is 6.07 Å². The van der Waals surface area contributed by atoms with E-state index in [2.05, 4.69) is 25.2 Å². The monoisotopic (exact) mass is 235 g/mol. The van der Waals surface area contributed by atoms with E-state index < -0.39 is 0 Å². The molecule has 96 valence electrons. The molecule has 1 aliphatic rings. The predicted molar refractivity (Wildman–Crippen MR) is 71.1 cm³/mol. The molecule has 2 rings (SSSR count). The Kier molecular flexibility index (Phi) is 4.27. The minimum atomic E-state index is 0.553. The highest BCUT2D eigenvalue weighted by Gasteiger charge is 2.23. The first-order chi connectivity index (χ1) is 8.16. The van der Waals surface area contributed by atoms with Crippen LogP contribution in [0, 0.1) is 5.41 Å². The van der Waals surface area contributed by atoms with Gasteiger partial charge in [0.2, 0.25) is 0 Å². The molecule has 1 heterocycles. The number of nitrogens with one attached hydrogen (secondary N) is 1. The minimum Gasteiger partial charge on any atom is -0.469 e. The van der Waals surface area contributed by atoms with E-state index in [0.29, 0.717) is 11.5 Å². The van der Waals surface area contributed by atoms with Gasteiger partial charge in [0.25, 0.3) is 0 Å². The van der Waals surface area contributed by atoms with Crippen LogP contribution in [0.4, 0.5) is 0 Å². The SMILES string of the molecule is CC1(C)CCCC(NCCc2ccco2)CC1. The third kappa shape index (κ3) is 4.19. The molecule has 17 heavy (non-hydrogen) atoms. The fraction of sp³-hybridized carbons (Fsp3) is 0.733. The predicted octanol–water partition coefficient (Wildman–Crippen LogP) is 3.77. The molecule has 0 bridgehead atoms. The highest BCUT2D eigenvalue weighted by Crippen LogP contribution is 2.33. The van der Waals surface area contributed by atoms with Gasteiger partial charge < -0.3 is 9.73 Å². The number of furan rings is 1. The van der Waals surface area contributed by atoms with Gasteiger partial charge in [-0.1, -0.05) is 20.3 Å². The van der Waals surface area contributed by atoms with Crippen molar-refractivity contribution >= 4 is 0 Å². The molecule has 1 unspecified atom stereocenters. The summed E-state index contributed by atoms with van der Waals surface area (Å²) in [6, 6.07) is 4.73. The fourth-order valence-corrected chi connectivity index (χ4v) is 2.72. The van der Waals surface area contributed by atoms with Crippen LogP contribution in [0.2, 0.25) is 0 Å². The largest absolute Gasteiger partial charge is 0.469 e. The lowest BCUT2D eigenvalue weighted by molar-refractivity contribution is 0.309. The van der Waals surface area contributed by atoms with E-state index in [1.165, 1.54) is 32.1 Å². The first-order valence-electron chi connectivity index (χ1n) is 6.91. The summed E-state index contributed by atoms with van der Waals surface area (Å²) < 4.78 is 5.34. The van der Waals surface area contributed by atoms with Crippen LogP contribution in [0.5, 0.6) is 0 Å². The lowest BCUT2D eigenvalue weighted by Crippen LogP contribution is -2.30. The molecule has 0 aliphatic heterocycles. The number of hydrogen-bond donors (Lipinski definition) is 1. The molecule has 2 heteroatoms. The van der Waals surface area contributed by atoms with Crippen molar-refractivity contribution in [3.05, 3.63) is 24.2 Å². The molecule has 1 saturated carbocycles. The van der Waals surface area contributed by atoms with Crippen molar-refractivity contribution in [3.63, 3.8) is 0 Å². The summed E-state index contributed by atoms with van der Waals surface area (Å²) in [6.45, 7) is 5.84. The van der Waals surface area contributed by atoms with E-state index in [0.717, 1.165) is 18.7 Å². The first kappa shape index (κ1) is 12.7. The van der Waals surface area contributed by atoms with Gasteiger partial charge in [0.15, 0.2) is 0 Å². The summed E-state index contributed by atoms with van der Waals surface area (Å²) in [6.07, 6.45) is 9.52. The summed E-state index contributed by atoms with van der Waals surface area (Å²) >= 11 is 0. The zero-order chi connectivity index (χ0) is 12.1. The average molecular weight is 235 g/mol. The highest BCUT2D eigenvalue weighted by molar-refractivity contribution is 4.98. The average Bonchev–Trinajstić information content (AvgIpc) is 2.72. The van der Waals surface area contributed by atoms with E-state index in [4.69, 9.17) is 4.42 Å². The lowest BCUT2D eigenvalue weighted by Gasteiger charge is -2.22. The molecule has 1 aromatic rings. The van der Waals surface area contributed by atoms with Crippen molar-refractivity contribution in [2.24, 2.45) is 5.41 Å². The molecule has 0 spiro atoms. The van der Waals surface area contributed by atoms with Gasteiger partial charge in [0.05, 0.1) is 6.26 Å². The van der Waals surface area contributed by atoms with Crippen molar-refractivity contribution in [2.75, 3.05) is 6.54 Å². The number of rotatable bonds is 4. The number of hydrogen-bond acceptors (Lipinski definition) is 2. The molecule has 1 aliphatic carbocycles. The fourth-order valence-electron chi connectivity index (χ4n) is 2.72. The van der Waals surface area contributed by atoms with Gasteiger partial charge in [-0.25, -0.2) is 0 Å². The molecule has 1 atom stereocenters. The van der Waals surface area contributed by atoms with Crippen LogP contribution in [0.1, 0.15) is 51.7 Å². The smallest absolute Gasteiger partial charge is 0.105 e. The maximum absolute atomic E-state index is 5.34. The summed E-state index contributed by atoms with van der Waals surface area (Å²) in [4.78, 5) is 0. The zero-order valence-corrected chi connectivity index (χ0v) is 11.2. The third-order valence-electron chi connectivity index (χ3n) is 3.96. The molecule has 2 nitrogen and oxygen atoms in total. The molecule has 1 N–H and O–H groups in total. The van der Waals surface area contributed by atoms with Crippen molar-refractivity contribution in [3.8, 4) is 0 Å². The molecular formula is C15H25NO. The Morgan fingerprint density at radius 2 is 2.24 bits per heavy atom. The van der Waals surface area contributed by atoms with Crippen molar-refractivity contribution in [2.45, 2.75) is 58.4 Å². The van der Waals surface area contributed by atoms with Crippen LogP contribution in [0.3, 0.4) is 0 Å². The van der Waals surface area contributed by atoms with Gasteiger partial charge in [0, 0.05) is 19.0 Å². The Morgan fingerprint density at radius 1 is 1.35 bits per heavy atom. The second-order valence-electron chi connectivity index (χ2n) is 6.08. The van der Waals surface area contributed by atoms with E-state index in [9.17, 15) is 0 Å². The summed E-state index contributed by atoms with van der Waals surface area (Å²) in [5.41, 5.74) is 0.553.